The first-order chi connectivity index (χ1) is 12.5. The molecule has 1 N–H and O–H groups in total. The van der Waals surface area contributed by atoms with Crippen molar-refractivity contribution in [3.8, 4) is 5.69 Å². The lowest BCUT2D eigenvalue weighted by molar-refractivity contribution is -0.120. The van der Waals surface area contributed by atoms with E-state index < -0.39 is 0 Å². The zero-order chi connectivity index (χ0) is 18.5. The van der Waals surface area contributed by atoms with Gasteiger partial charge in [-0.2, -0.15) is 5.10 Å². The van der Waals surface area contributed by atoms with Crippen molar-refractivity contribution in [2.45, 2.75) is 20.3 Å². The van der Waals surface area contributed by atoms with Gasteiger partial charge in [0.1, 0.15) is 5.82 Å². The molecular formula is C21H20FN3O. The Hall–Kier alpha value is -3.21. The van der Waals surface area contributed by atoms with Gasteiger partial charge in [-0.3, -0.25) is 4.79 Å². The van der Waals surface area contributed by atoms with Gasteiger partial charge in [0.2, 0.25) is 5.91 Å². The molecule has 3 rings (SSSR count). The first kappa shape index (κ1) is 17.6. The van der Waals surface area contributed by atoms with Crippen LogP contribution in [0.15, 0.2) is 65.9 Å². The minimum atomic E-state index is -0.320. The molecule has 0 atom stereocenters. The average molecular weight is 349 g/mol. The van der Waals surface area contributed by atoms with Crippen molar-refractivity contribution in [3.63, 3.8) is 0 Å². The molecular weight excluding hydrogens is 329 g/mol. The lowest BCUT2D eigenvalue weighted by Gasteiger charge is -2.09. The lowest BCUT2D eigenvalue weighted by Crippen LogP contribution is -2.20. The second-order valence-electron chi connectivity index (χ2n) is 6.17. The molecule has 1 amide bonds. The second-order valence-corrected chi connectivity index (χ2v) is 6.17. The number of hydrazone groups is 1. The quantitative estimate of drug-likeness (QED) is 0.551. The van der Waals surface area contributed by atoms with Crippen molar-refractivity contribution in [1.29, 1.82) is 0 Å². The molecule has 0 aliphatic carbocycles. The predicted octanol–water partition coefficient (Wildman–Crippen LogP) is 3.93. The third-order valence-corrected chi connectivity index (χ3v) is 4.21. The van der Waals surface area contributed by atoms with Crippen LogP contribution in [-0.4, -0.2) is 16.7 Å². The van der Waals surface area contributed by atoms with Crippen LogP contribution < -0.4 is 5.43 Å². The number of carbonyl (C=O) groups is 1. The smallest absolute Gasteiger partial charge is 0.244 e. The summed E-state index contributed by atoms with van der Waals surface area (Å²) in [5.41, 5.74) is 7.59. The van der Waals surface area contributed by atoms with E-state index >= 15 is 0 Å². The highest BCUT2D eigenvalue weighted by molar-refractivity contribution is 5.82. The normalized spacial score (nSPS) is 11.0. The molecule has 26 heavy (non-hydrogen) atoms. The molecule has 1 aromatic heterocycles. The summed E-state index contributed by atoms with van der Waals surface area (Å²) >= 11 is 0. The summed E-state index contributed by atoms with van der Waals surface area (Å²) in [6.45, 7) is 4.15. The highest BCUT2D eigenvalue weighted by Crippen LogP contribution is 2.16. The number of aromatic nitrogens is 1. The molecule has 0 fully saturated rings. The van der Waals surface area contributed by atoms with Crippen LogP contribution in [0.1, 0.15) is 22.4 Å². The fraction of sp³-hybridized carbons (Fsp3) is 0.143. The molecule has 0 aliphatic rings. The van der Waals surface area contributed by atoms with Crippen molar-refractivity contribution >= 4 is 12.1 Å². The molecule has 5 heteroatoms. The molecule has 0 bridgehead atoms. The van der Waals surface area contributed by atoms with Gasteiger partial charge in [-0.1, -0.05) is 18.2 Å². The molecule has 0 saturated carbocycles. The van der Waals surface area contributed by atoms with Crippen LogP contribution in [0.5, 0.6) is 0 Å². The monoisotopic (exact) mass is 349 g/mol. The second kappa shape index (κ2) is 7.78. The van der Waals surface area contributed by atoms with Gasteiger partial charge in [-0.15, -0.1) is 0 Å². The minimum absolute atomic E-state index is 0.149. The number of rotatable bonds is 5. The molecule has 0 saturated heterocycles. The van der Waals surface area contributed by atoms with Crippen molar-refractivity contribution in [1.82, 2.24) is 9.99 Å². The predicted molar refractivity (Wildman–Crippen MR) is 101 cm³/mol. The summed E-state index contributed by atoms with van der Waals surface area (Å²) in [6, 6.07) is 15.9. The molecule has 0 unspecified atom stereocenters. The summed E-state index contributed by atoms with van der Waals surface area (Å²) in [7, 11) is 0. The van der Waals surface area contributed by atoms with E-state index in [0.717, 1.165) is 16.9 Å². The molecule has 1 heterocycles. The van der Waals surface area contributed by atoms with E-state index in [1.165, 1.54) is 23.3 Å². The van der Waals surface area contributed by atoms with E-state index in [4.69, 9.17) is 0 Å². The Bertz CT molecular complexity index is 942. The molecule has 0 spiro atoms. The highest BCUT2D eigenvalue weighted by Gasteiger charge is 2.04. The number of carbonyl (C=O) groups excluding carboxylic acids is 1. The zero-order valence-corrected chi connectivity index (χ0v) is 14.7. The number of nitrogens with zero attached hydrogens (tertiary/aromatic N) is 2. The van der Waals surface area contributed by atoms with E-state index in [9.17, 15) is 9.18 Å². The number of amides is 1. The van der Waals surface area contributed by atoms with E-state index in [0.29, 0.717) is 0 Å². The Labute approximate surface area is 152 Å². The lowest BCUT2D eigenvalue weighted by atomic mass is 10.1. The maximum Gasteiger partial charge on any atom is 0.244 e. The van der Waals surface area contributed by atoms with E-state index in [-0.39, 0.29) is 18.1 Å². The van der Waals surface area contributed by atoms with Gasteiger partial charge >= 0.3 is 0 Å². The Morgan fingerprint density at radius 3 is 2.62 bits per heavy atom. The number of aryl methyl sites for hydroxylation is 2. The first-order valence-electron chi connectivity index (χ1n) is 8.34. The number of benzene rings is 2. The van der Waals surface area contributed by atoms with E-state index in [1.807, 2.05) is 29.0 Å². The first-order valence-corrected chi connectivity index (χ1v) is 8.34. The maximum atomic E-state index is 12.9. The van der Waals surface area contributed by atoms with Crippen LogP contribution in [-0.2, 0) is 11.2 Å². The topological polar surface area (TPSA) is 46.4 Å². The number of halogens is 1. The highest BCUT2D eigenvalue weighted by atomic mass is 19.1. The standard InChI is InChI=1S/C21H20FN3O/c1-15-5-10-19(12-16(15)2)25-11-3-4-20(25)14-23-24-21(26)13-17-6-8-18(22)9-7-17/h3-12,14H,13H2,1-2H3,(H,24,26)/b23-14+. The fourth-order valence-electron chi connectivity index (χ4n) is 2.61. The summed E-state index contributed by atoms with van der Waals surface area (Å²) in [5, 5.41) is 4.03. The van der Waals surface area contributed by atoms with Gasteiger partial charge in [0.05, 0.1) is 18.3 Å². The van der Waals surface area contributed by atoms with Gasteiger partial charge in [0.25, 0.3) is 0 Å². The van der Waals surface area contributed by atoms with Gasteiger partial charge in [0, 0.05) is 11.9 Å². The van der Waals surface area contributed by atoms with Crippen LogP contribution >= 0.6 is 0 Å². The fourth-order valence-corrected chi connectivity index (χ4v) is 2.61. The Kier molecular flexibility index (Phi) is 5.27. The Morgan fingerprint density at radius 1 is 1.12 bits per heavy atom. The van der Waals surface area contributed by atoms with Gasteiger partial charge < -0.3 is 4.57 Å². The van der Waals surface area contributed by atoms with Crippen molar-refractivity contribution in [3.05, 3.63) is 89.0 Å². The van der Waals surface area contributed by atoms with Crippen LogP contribution in [0.3, 0.4) is 0 Å². The summed E-state index contributed by atoms with van der Waals surface area (Å²) in [4.78, 5) is 11.9. The third-order valence-electron chi connectivity index (χ3n) is 4.21. The van der Waals surface area contributed by atoms with Gasteiger partial charge in [-0.05, 0) is 66.9 Å². The molecule has 132 valence electrons. The largest absolute Gasteiger partial charge is 0.316 e. The van der Waals surface area contributed by atoms with Crippen LogP contribution in [0, 0.1) is 19.7 Å². The number of hydrogen-bond acceptors (Lipinski definition) is 2. The van der Waals surface area contributed by atoms with Gasteiger partial charge in [0.15, 0.2) is 0 Å². The molecule has 4 nitrogen and oxygen atoms in total. The molecule has 0 aliphatic heterocycles. The SMILES string of the molecule is Cc1ccc(-n2cccc2/C=N/NC(=O)Cc2ccc(F)cc2)cc1C. The van der Waals surface area contributed by atoms with Gasteiger partial charge in [-0.25, -0.2) is 9.82 Å². The summed E-state index contributed by atoms with van der Waals surface area (Å²) in [6.07, 6.45) is 3.71. The van der Waals surface area contributed by atoms with E-state index in [2.05, 4.69) is 36.5 Å². The summed E-state index contributed by atoms with van der Waals surface area (Å²) < 4.78 is 14.9. The maximum absolute atomic E-state index is 12.9. The van der Waals surface area contributed by atoms with E-state index in [1.54, 1.807) is 18.3 Å². The van der Waals surface area contributed by atoms with Crippen LogP contribution in [0.4, 0.5) is 4.39 Å². The molecule has 2 aromatic carbocycles. The van der Waals surface area contributed by atoms with Crippen molar-refractivity contribution in [2.24, 2.45) is 5.10 Å². The average Bonchev–Trinajstić information content (AvgIpc) is 3.08. The number of nitrogens with one attached hydrogen (secondary N) is 1. The molecule has 0 radical (unpaired) electrons. The Balaban J connectivity index is 1.66. The summed E-state index contributed by atoms with van der Waals surface area (Å²) in [5.74, 6) is -0.573. The van der Waals surface area contributed by atoms with Crippen molar-refractivity contribution in [2.75, 3.05) is 0 Å². The zero-order valence-electron chi connectivity index (χ0n) is 14.7. The third kappa shape index (κ3) is 4.25. The number of hydrogen-bond donors (Lipinski definition) is 1. The molecule has 3 aromatic rings. The minimum Gasteiger partial charge on any atom is -0.316 e. The Morgan fingerprint density at radius 2 is 1.88 bits per heavy atom. The van der Waals surface area contributed by atoms with Crippen molar-refractivity contribution < 1.29 is 9.18 Å². The van der Waals surface area contributed by atoms with Crippen LogP contribution in [0.2, 0.25) is 0 Å². The van der Waals surface area contributed by atoms with Crippen LogP contribution in [0.25, 0.3) is 5.69 Å².